The van der Waals surface area contributed by atoms with E-state index in [2.05, 4.69) is 28.5 Å². The second-order valence-corrected chi connectivity index (χ2v) is 6.79. The molecule has 2 rings (SSSR count). The lowest BCUT2D eigenvalue weighted by molar-refractivity contribution is -0.462. The van der Waals surface area contributed by atoms with E-state index in [-0.39, 0.29) is 0 Å². The van der Waals surface area contributed by atoms with Crippen LogP contribution in [-0.4, -0.2) is 50.0 Å². The van der Waals surface area contributed by atoms with Crippen LogP contribution in [0.15, 0.2) is 24.3 Å². The van der Waals surface area contributed by atoms with Gasteiger partial charge in [0.2, 0.25) is 0 Å². The average Bonchev–Trinajstić information content (AvgIpc) is 3.30. The Hall–Kier alpha value is -2.05. The smallest absolute Gasteiger partial charge is 0.485 e. The number of ether oxygens (including phenoxy) is 1. The number of rotatable bonds is 2. The minimum atomic E-state index is -6.09. The molecule has 5 nitrogen and oxygen atoms in total. The first-order valence-corrected chi connectivity index (χ1v) is 8.59. The summed E-state index contributed by atoms with van der Waals surface area (Å²) in [6.45, 7) is 0. The summed E-state index contributed by atoms with van der Waals surface area (Å²) in [6.07, 6.45) is 2.52. The number of halogens is 3. The van der Waals surface area contributed by atoms with Crippen LogP contribution in [0.1, 0.15) is 18.4 Å². The van der Waals surface area contributed by atoms with Crippen LogP contribution >= 0.6 is 0 Å². The molecule has 25 heavy (non-hydrogen) atoms. The van der Waals surface area contributed by atoms with Crippen molar-refractivity contribution >= 4 is 15.8 Å². The van der Waals surface area contributed by atoms with E-state index in [0.29, 0.717) is 5.92 Å². The van der Waals surface area contributed by atoms with Crippen LogP contribution < -0.4 is 4.74 Å². The number of hydrogen-bond donors (Lipinski definition) is 0. The fourth-order valence-corrected chi connectivity index (χ4v) is 1.59. The van der Waals surface area contributed by atoms with E-state index in [4.69, 9.17) is 17.7 Å². The van der Waals surface area contributed by atoms with E-state index in [1.165, 1.54) is 12.8 Å². The Morgan fingerprint density at radius 1 is 1.24 bits per heavy atom. The van der Waals surface area contributed by atoms with Crippen molar-refractivity contribution in [2.75, 3.05) is 21.2 Å². The Kier molecular flexibility index (Phi) is 7.02. The lowest BCUT2D eigenvalue weighted by atomic mass is 10.1. The summed E-state index contributed by atoms with van der Waals surface area (Å²) in [5.41, 5.74) is -3.43. The van der Waals surface area contributed by atoms with Gasteiger partial charge in [0.15, 0.2) is 10.1 Å². The number of nitrogens with zero attached hydrogens (tertiary/aromatic N) is 1. The van der Waals surface area contributed by atoms with Gasteiger partial charge in [0, 0.05) is 11.8 Å². The van der Waals surface area contributed by atoms with E-state index in [0.717, 1.165) is 17.0 Å². The Labute approximate surface area is 144 Å². The largest absolute Gasteiger partial charge is 0.741 e. The lowest BCUT2D eigenvalue weighted by Gasteiger charge is -2.08. The van der Waals surface area contributed by atoms with Crippen LogP contribution in [0.3, 0.4) is 0 Å². The van der Waals surface area contributed by atoms with Gasteiger partial charge >= 0.3 is 5.51 Å². The summed E-state index contributed by atoms with van der Waals surface area (Å²) in [4.78, 5) is 0. The molecule has 0 heterocycles. The molecule has 1 aromatic carbocycles. The van der Waals surface area contributed by atoms with Crippen LogP contribution in [0.25, 0.3) is 0 Å². The summed E-state index contributed by atoms with van der Waals surface area (Å²) in [5.74, 6) is 8.10. The van der Waals surface area contributed by atoms with Gasteiger partial charge in [0.1, 0.15) is 19.8 Å². The second-order valence-electron chi connectivity index (χ2n) is 5.42. The van der Waals surface area contributed by atoms with Crippen molar-refractivity contribution in [1.29, 1.82) is 0 Å². The van der Waals surface area contributed by atoms with Gasteiger partial charge in [-0.15, -0.1) is 0 Å². The topological polar surface area (TPSA) is 69.4 Å². The van der Waals surface area contributed by atoms with E-state index in [1.807, 2.05) is 26.2 Å². The molecule has 1 aliphatic carbocycles. The highest BCUT2D eigenvalue weighted by molar-refractivity contribution is 7.86. The van der Waals surface area contributed by atoms with Gasteiger partial charge in [-0.1, -0.05) is 5.92 Å². The molecule has 1 fully saturated rings. The third-order valence-electron chi connectivity index (χ3n) is 3.07. The van der Waals surface area contributed by atoms with Crippen molar-refractivity contribution in [3.63, 3.8) is 0 Å². The van der Waals surface area contributed by atoms with E-state index >= 15 is 0 Å². The SMILES string of the molecule is COc1ccc(C(C#CC2CC2)=[N+](C)C)cc1.O=S(=O)([O-])C(F)(F)F. The Morgan fingerprint density at radius 3 is 2.04 bits per heavy atom. The summed E-state index contributed by atoms with van der Waals surface area (Å²) >= 11 is 0. The highest BCUT2D eigenvalue weighted by Gasteiger charge is 2.36. The van der Waals surface area contributed by atoms with Crippen molar-refractivity contribution in [3.05, 3.63) is 29.8 Å². The Morgan fingerprint density at radius 2 is 1.72 bits per heavy atom. The van der Waals surface area contributed by atoms with Gasteiger partial charge in [-0.2, -0.15) is 13.2 Å². The Bertz CT molecular complexity index is 779. The molecule has 0 bridgehead atoms. The van der Waals surface area contributed by atoms with Crippen LogP contribution in [0.5, 0.6) is 5.75 Å². The second kappa shape index (κ2) is 8.36. The maximum Gasteiger partial charge on any atom is 0.485 e. The van der Waals surface area contributed by atoms with Crippen molar-refractivity contribution in [2.24, 2.45) is 5.92 Å². The summed E-state index contributed by atoms with van der Waals surface area (Å²) in [7, 11) is -0.353. The molecule has 0 spiro atoms. The Balaban J connectivity index is 0.000000333. The zero-order valence-electron chi connectivity index (χ0n) is 13.9. The standard InChI is InChI=1S/C15H18NO.CHF3O3S/c1-16(2)15(11-6-12-4-5-12)13-7-9-14(17-3)10-8-13;2-1(3,4)8(5,6)7/h7-10,12H,4-5H2,1-3H3;(H,5,6,7)/q+1;/p-1. The molecule has 0 unspecified atom stereocenters. The van der Waals surface area contributed by atoms with Gasteiger partial charge in [-0.3, -0.25) is 0 Å². The molecule has 0 N–H and O–H groups in total. The minimum absolute atomic E-state index is 0.628. The van der Waals surface area contributed by atoms with Gasteiger partial charge in [-0.25, -0.2) is 13.0 Å². The van der Waals surface area contributed by atoms with Crippen molar-refractivity contribution < 1.29 is 35.5 Å². The predicted molar refractivity (Wildman–Crippen MR) is 85.5 cm³/mol. The third kappa shape index (κ3) is 7.15. The molecule has 0 aliphatic heterocycles. The molecule has 1 aromatic rings. The van der Waals surface area contributed by atoms with E-state index in [9.17, 15) is 13.2 Å². The van der Waals surface area contributed by atoms with Gasteiger partial charge in [0.25, 0.3) is 5.71 Å². The number of methoxy groups -OCH3 is 1. The fraction of sp³-hybridized carbons (Fsp3) is 0.438. The first-order valence-electron chi connectivity index (χ1n) is 7.18. The van der Waals surface area contributed by atoms with Gasteiger partial charge in [-0.05, 0) is 37.1 Å². The molecule has 1 saturated carbocycles. The zero-order valence-corrected chi connectivity index (χ0v) is 14.7. The molecule has 0 amide bonds. The first kappa shape index (κ1) is 21.0. The van der Waals surface area contributed by atoms with E-state index < -0.39 is 15.6 Å². The molecule has 138 valence electrons. The molecule has 0 atom stereocenters. The van der Waals surface area contributed by atoms with Crippen LogP contribution in [-0.2, 0) is 10.1 Å². The normalized spacial score (nSPS) is 13.7. The molecular formula is C16H18F3NO4S. The molecule has 0 aromatic heterocycles. The predicted octanol–water partition coefficient (Wildman–Crippen LogP) is 2.22. The highest BCUT2D eigenvalue weighted by atomic mass is 32.2. The quantitative estimate of drug-likeness (QED) is 0.261. The maximum atomic E-state index is 10.7. The maximum absolute atomic E-state index is 10.7. The summed E-state index contributed by atoms with van der Waals surface area (Å²) in [5, 5.41) is 0. The van der Waals surface area contributed by atoms with Crippen molar-refractivity contribution in [1.82, 2.24) is 0 Å². The van der Waals surface area contributed by atoms with Crippen LogP contribution in [0.2, 0.25) is 0 Å². The third-order valence-corrected chi connectivity index (χ3v) is 3.63. The fourth-order valence-electron chi connectivity index (χ4n) is 1.59. The number of alkyl halides is 3. The minimum Gasteiger partial charge on any atom is -0.741 e. The van der Waals surface area contributed by atoms with Gasteiger partial charge < -0.3 is 9.29 Å². The first-order chi connectivity index (χ1) is 11.5. The monoisotopic (exact) mass is 377 g/mol. The van der Waals surface area contributed by atoms with Crippen LogP contribution in [0.4, 0.5) is 13.2 Å². The van der Waals surface area contributed by atoms with Crippen LogP contribution in [0, 0.1) is 17.8 Å². The molecular weight excluding hydrogens is 359 g/mol. The van der Waals surface area contributed by atoms with E-state index in [1.54, 1.807) is 7.11 Å². The lowest BCUT2D eigenvalue weighted by Crippen LogP contribution is -2.21. The molecule has 9 heteroatoms. The average molecular weight is 377 g/mol. The summed E-state index contributed by atoms with van der Waals surface area (Å²) < 4.78 is 66.1. The van der Waals surface area contributed by atoms with Crippen molar-refractivity contribution in [2.45, 2.75) is 18.3 Å². The number of hydrogen-bond acceptors (Lipinski definition) is 4. The highest BCUT2D eigenvalue weighted by Crippen LogP contribution is 2.27. The molecule has 0 radical (unpaired) electrons. The molecule has 0 saturated heterocycles. The van der Waals surface area contributed by atoms with Crippen molar-refractivity contribution in [3.8, 4) is 17.6 Å². The number of benzene rings is 1. The zero-order chi connectivity index (χ0) is 19.3. The molecule has 1 aliphatic rings. The van der Waals surface area contributed by atoms with Gasteiger partial charge in [0.05, 0.1) is 12.7 Å². The summed E-state index contributed by atoms with van der Waals surface area (Å²) in [6, 6.07) is 8.04.